The molecule has 0 bridgehead atoms. The molecule has 6 nitrogen and oxygen atoms in total. The number of hydrogen-bond acceptors (Lipinski definition) is 3. The van der Waals surface area contributed by atoms with E-state index in [1.165, 1.54) is 0 Å². The third kappa shape index (κ3) is 2.78. The monoisotopic (exact) mass is 282 g/mol. The van der Waals surface area contributed by atoms with Gasteiger partial charge in [-0.05, 0) is 12.0 Å². The molecule has 0 saturated heterocycles. The van der Waals surface area contributed by atoms with Crippen molar-refractivity contribution < 1.29 is 0 Å². The van der Waals surface area contributed by atoms with Crippen LogP contribution >= 0.6 is 11.6 Å². The predicted molar refractivity (Wildman–Crippen MR) is 72.6 cm³/mol. The quantitative estimate of drug-likeness (QED) is 0.857. The van der Waals surface area contributed by atoms with Crippen LogP contribution in [-0.4, -0.2) is 19.3 Å². The first kappa shape index (κ1) is 13.6. The minimum Gasteiger partial charge on any atom is -0.297 e. The van der Waals surface area contributed by atoms with Crippen molar-refractivity contribution in [2.24, 2.45) is 0 Å². The third-order valence-corrected chi connectivity index (χ3v) is 3.16. The summed E-state index contributed by atoms with van der Waals surface area (Å²) in [5.41, 5.74) is -0.399. The lowest BCUT2D eigenvalue weighted by Crippen LogP contribution is -2.38. The third-order valence-electron chi connectivity index (χ3n) is 2.86. The topological polar surface area (TPSA) is 72.7 Å². The Morgan fingerprint density at radius 1 is 1.37 bits per heavy atom. The molecule has 0 aliphatic carbocycles. The number of nitrogens with zero attached hydrogens (tertiary/aromatic N) is 3. The molecule has 2 rings (SSSR count). The lowest BCUT2D eigenvalue weighted by atomic mass is 10.1. The van der Waals surface area contributed by atoms with Crippen molar-refractivity contribution in [1.29, 1.82) is 0 Å². The molecule has 0 radical (unpaired) electrons. The molecule has 2 aromatic heterocycles. The summed E-state index contributed by atoms with van der Waals surface area (Å²) in [6, 6.07) is 1.79. The number of H-pyrrole nitrogens is 1. The highest BCUT2D eigenvalue weighted by atomic mass is 35.5. The summed E-state index contributed by atoms with van der Waals surface area (Å²) in [5, 5.41) is 4.15. The van der Waals surface area contributed by atoms with Crippen LogP contribution in [0.1, 0.15) is 25.3 Å². The van der Waals surface area contributed by atoms with E-state index in [4.69, 9.17) is 11.6 Å². The van der Waals surface area contributed by atoms with Crippen molar-refractivity contribution in [3.8, 4) is 0 Å². The van der Waals surface area contributed by atoms with Crippen molar-refractivity contribution >= 4 is 11.6 Å². The predicted octanol–water partition coefficient (Wildman–Crippen LogP) is 1.21. The van der Waals surface area contributed by atoms with Gasteiger partial charge < -0.3 is 0 Å². The van der Waals surface area contributed by atoms with Crippen LogP contribution in [0.25, 0.3) is 0 Å². The van der Waals surface area contributed by atoms with Gasteiger partial charge >= 0.3 is 5.69 Å². The maximum absolute atomic E-state index is 12.2. The van der Waals surface area contributed by atoms with Gasteiger partial charge in [-0.15, -0.1) is 0 Å². The lowest BCUT2D eigenvalue weighted by molar-refractivity contribution is 0.503. The molecule has 2 heterocycles. The van der Waals surface area contributed by atoms with E-state index >= 15 is 0 Å². The van der Waals surface area contributed by atoms with Crippen LogP contribution in [0.3, 0.4) is 0 Å². The van der Waals surface area contributed by atoms with Gasteiger partial charge in [0.05, 0.1) is 18.7 Å². The average Bonchev–Trinajstić information content (AvgIpc) is 2.80. The van der Waals surface area contributed by atoms with Crippen LogP contribution in [0.15, 0.2) is 28.0 Å². The summed E-state index contributed by atoms with van der Waals surface area (Å²) in [7, 11) is 0. The molecule has 0 aliphatic heterocycles. The smallest absolute Gasteiger partial charge is 0.297 e. The molecule has 19 heavy (non-hydrogen) atoms. The Morgan fingerprint density at radius 2 is 2.11 bits per heavy atom. The lowest BCUT2D eigenvalue weighted by Gasteiger charge is -2.11. The maximum Gasteiger partial charge on any atom is 0.329 e. The van der Waals surface area contributed by atoms with E-state index in [2.05, 4.69) is 10.1 Å². The summed E-state index contributed by atoms with van der Waals surface area (Å²) in [5.74, 6) is -0.0483. The Balaban J connectivity index is 2.37. The van der Waals surface area contributed by atoms with Crippen LogP contribution in [0, 0.1) is 0 Å². The summed E-state index contributed by atoms with van der Waals surface area (Å²) in [4.78, 5) is 26.5. The van der Waals surface area contributed by atoms with Crippen molar-refractivity contribution in [2.45, 2.75) is 32.9 Å². The van der Waals surface area contributed by atoms with Crippen molar-refractivity contribution in [2.75, 3.05) is 0 Å². The molecule has 0 atom stereocenters. The summed E-state index contributed by atoms with van der Waals surface area (Å²) < 4.78 is 2.82. The van der Waals surface area contributed by atoms with Crippen LogP contribution in [0.2, 0.25) is 5.15 Å². The highest BCUT2D eigenvalue weighted by Gasteiger charge is 2.15. The molecule has 1 N–H and O–H groups in total. The molecular formula is C12H15ClN4O2. The largest absolute Gasteiger partial charge is 0.329 e. The zero-order chi connectivity index (χ0) is 14.0. The van der Waals surface area contributed by atoms with E-state index in [0.717, 1.165) is 4.57 Å². The maximum atomic E-state index is 12.2. The number of aromatic amines is 1. The first-order valence-electron chi connectivity index (χ1n) is 6.00. The van der Waals surface area contributed by atoms with Crippen molar-refractivity contribution in [3.05, 3.63) is 50.0 Å². The number of rotatable bonds is 4. The molecule has 0 aromatic carbocycles. The molecule has 0 unspecified atom stereocenters. The Bertz CT molecular complexity index is 670. The SMILES string of the molecule is CC(C)c1c(Cl)[nH]c(=O)n(CCn2cccn2)c1=O. The van der Waals surface area contributed by atoms with Gasteiger partial charge in [0.25, 0.3) is 5.56 Å². The van der Waals surface area contributed by atoms with Crippen LogP contribution in [0.4, 0.5) is 0 Å². The van der Waals surface area contributed by atoms with Gasteiger partial charge in [-0.3, -0.25) is 19.0 Å². The molecule has 102 valence electrons. The molecule has 0 spiro atoms. The highest BCUT2D eigenvalue weighted by Crippen LogP contribution is 2.16. The number of nitrogens with one attached hydrogen (secondary N) is 1. The minimum absolute atomic E-state index is 0.0483. The van der Waals surface area contributed by atoms with E-state index in [1.807, 2.05) is 13.8 Å². The van der Waals surface area contributed by atoms with Crippen LogP contribution in [0.5, 0.6) is 0 Å². The van der Waals surface area contributed by atoms with Gasteiger partial charge in [-0.25, -0.2) is 4.79 Å². The minimum atomic E-state index is -0.494. The molecular weight excluding hydrogens is 268 g/mol. The molecule has 0 fully saturated rings. The van der Waals surface area contributed by atoms with Gasteiger partial charge in [0, 0.05) is 12.4 Å². The number of aryl methyl sites for hydroxylation is 1. The van der Waals surface area contributed by atoms with Gasteiger partial charge in [0.15, 0.2) is 0 Å². The highest BCUT2D eigenvalue weighted by molar-refractivity contribution is 6.30. The standard InChI is InChI=1S/C12H15ClN4O2/c1-8(2)9-10(13)15-12(19)17(11(9)18)7-6-16-5-3-4-14-16/h3-5,8H,6-7H2,1-2H3,(H,15,19). The van der Waals surface area contributed by atoms with Gasteiger partial charge in [-0.2, -0.15) is 5.10 Å². The Morgan fingerprint density at radius 3 is 2.68 bits per heavy atom. The van der Waals surface area contributed by atoms with E-state index < -0.39 is 5.69 Å². The van der Waals surface area contributed by atoms with Gasteiger partial charge in [0.2, 0.25) is 0 Å². The van der Waals surface area contributed by atoms with Crippen LogP contribution in [-0.2, 0) is 13.1 Å². The second-order valence-corrected chi connectivity index (χ2v) is 4.92. The van der Waals surface area contributed by atoms with Crippen molar-refractivity contribution in [1.82, 2.24) is 19.3 Å². The summed E-state index contributed by atoms with van der Waals surface area (Å²) in [6.45, 7) is 4.43. The Hall–Kier alpha value is -1.82. The molecule has 0 amide bonds. The first-order chi connectivity index (χ1) is 9.00. The second kappa shape index (κ2) is 5.44. The average molecular weight is 283 g/mol. The van der Waals surface area contributed by atoms with E-state index in [-0.39, 0.29) is 23.2 Å². The molecule has 0 aliphatic rings. The fraction of sp³-hybridized carbons (Fsp3) is 0.417. The van der Waals surface area contributed by atoms with E-state index in [0.29, 0.717) is 12.1 Å². The van der Waals surface area contributed by atoms with E-state index in [9.17, 15) is 9.59 Å². The fourth-order valence-electron chi connectivity index (χ4n) is 1.90. The van der Waals surface area contributed by atoms with Crippen molar-refractivity contribution in [3.63, 3.8) is 0 Å². The molecule has 7 heteroatoms. The first-order valence-corrected chi connectivity index (χ1v) is 6.38. The Kier molecular flexibility index (Phi) is 3.90. The van der Waals surface area contributed by atoms with Crippen LogP contribution < -0.4 is 11.2 Å². The number of hydrogen-bond donors (Lipinski definition) is 1. The van der Waals surface area contributed by atoms with Gasteiger partial charge in [-0.1, -0.05) is 25.4 Å². The Labute approximate surface area is 114 Å². The molecule has 2 aromatic rings. The zero-order valence-electron chi connectivity index (χ0n) is 10.8. The van der Waals surface area contributed by atoms with E-state index in [1.54, 1.807) is 23.1 Å². The zero-order valence-corrected chi connectivity index (χ0v) is 11.5. The second-order valence-electron chi connectivity index (χ2n) is 4.54. The number of halogens is 1. The summed E-state index contributed by atoms with van der Waals surface area (Å²) in [6.07, 6.45) is 3.42. The summed E-state index contributed by atoms with van der Waals surface area (Å²) >= 11 is 5.92. The van der Waals surface area contributed by atoms with Gasteiger partial charge in [0.1, 0.15) is 5.15 Å². The normalized spacial score (nSPS) is 11.2. The fourth-order valence-corrected chi connectivity index (χ4v) is 2.28. The molecule has 0 saturated carbocycles. The number of aromatic nitrogens is 4.